The van der Waals surface area contributed by atoms with Crippen molar-refractivity contribution >= 4 is 5.78 Å². The van der Waals surface area contributed by atoms with Crippen molar-refractivity contribution in [3.8, 4) is 0 Å². The Labute approximate surface area is 110 Å². The standard InChI is InChI=1S/C17H22O/c1-12-11-16(12)17(18)15-9-7-14(8-10-15)13-5-3-2-4-6-13/h7-10,12-13,16H,2-6,11H2,1H3. The van der Waals surface area contributed by atoms with E-state index in [1.165, 1.54) is 37.7 Å². The zero-order valence-electron chi connectivity index (χ0n) is 11.2. The Bertz CT molecular complexity index is 425. The fraction of sp³-hybridized carbons (Fsp3) is 0.588. The Hall–Kier alpha value is -1.11. The summed E-state index contributed by atoms with van der Waals surface area (Å²) in [6.07, 6.45) is 7.87. The van der Waals surface area contributed by atoms with Crippen LogP contribution in [0.25, 0.3) is 0 Å². The minimum absolute atomic E-state index is 0.311. The number of carbonyl (C=O) groups excluding carboxylic acids is 1. The minimum atomic E-state index is 0.311. The van der Waals surface area contributed by atoms with Crippen LogP contribution in [0.3, 0.4) is 0 Å². The molecule has 1 aromatic rings. The number of hydrogen-bond donors (Lipinski definition) is 0. The maximum atomic E-state index is 12.1. The number of ketones is 1. The lowest BCUT2D eigenvalue weighted by Crippen LogP contribution is -2.06. The molecule has 0 N–H and O–H groups in total. The molecule has 2 saturated carbocycles. The molecule has 2 unspecified atom stereocenters. The average Bonchev–Trinajstić information content (AvgIpc) is 3.16. The van der Waals surface area contributed by atoms with Gasteiger partial charge in [0.15, 0.2) is 5.78 Å². The molecule has 18 heavy (non-hydrogen) atoms. The predicted octanol–water partition coefficient (Wildman–Crippen LogP) is 4.57. The van der Waals surface area contributed by atoms with Gasteiger partial charge in [-0.1, -0.05) is 50.5 Å². The molecule has 0 aliphatic heterocycles. The molecule has 0 saturated heterocycles. The lowest BCUT2D eigenvalue weighted by Gasteiger charge is -2.22. The van der Waals surface area contributed by atoms with Crippen LogP contribution in [0.15, 0.2) is 24.3 Å². The zero-order chi connectivity index (χ0) is 12.5. The van der Waals surface area contributed by atoms with Crippen molar-refractivity contribution in [1.29, 1.82) is 0 Å². The van der Waals surface area contributed by atoms with Gasteiger partial charge in [0.1, 0.15) is 0 Å². The zero-order valence-corrected chi connectivity index (χ0v) is 11.2. The third-order valence-electron chi connectivity index (χ3n) is 4.72. The monoisotopic (exact) mass is 242 g/mol. The van der Waals surface area contributed by atoms with Crippen LogP contribution in [0.5, 0.6) is 0 Å². The average molecular weight is 242 g/mol. The van der Waals surface area contributed by atoms with Gasteiger partial charge >= 0.3 is 0 Å². The fourth-order valence-electron chi connectivity index (χ4n) is 3.26. The first-order valence-corrected chi connectivity index (χ1v) is 7.40. The highest BCUT2D eigenvalue weighted by Crippen LogP contribution is 2.40. The molecule has 1 heteroatoms. The summed E-state index contributed by atoms with van der Waals surface area (Å²) in [4.78, 5) is 12.1. The highest BCUT2D eigenvalue weighted by Gasteiger charge is 2.39. The van der Waals surface area contributed by atoms with Crippen molar-refractivity contribution in [3.63, 3.8) is 0 Å². The van der Waals surface area contributed by atoms with Gasteiger partial charge in [0.25, 0.3) is 0 Å². The van der Waals surface area contributed by atoms with Crippen molar-refractivity contribution in [2.75, 3.05) is 0 Å². The van der Waals surface area contributed by atoms with E-state index in [4.69, 9.17) is 0 Å². The van der Waals surface area contributed by atoms with E-state index in [1.54, 1.807) is 0 Å². The quantitative estimate of drug-likeness (QED) is 0.709. The van der Waals surface area contributed by atoms with E-state index in [2.05, 4.69) is 31.2 Å². The molecule has 96 valence electrons. The summed E-state index contributed by atoms with van der Waals surface area (Å²) in [5.41, 5.74) is 2.36. The molecule has 0 spiro atoms. The smallest absolute Gasteiger partial charge is 0.166 e. The van der Waals surface area contributed by atoms with Crippen LogP contribution in [-0.4, -0.2) is 5.78 Å². The number of benzene rings is 1. The van der Waals surface area contributed by atoms with E-state index in [0.717, 1.165) is 17.9 Å². The molecule has 1 aromatic carbocycles. The summed E-state index contributed by atoms with van der Waals surface area (Å²) in [7, 11) is 0. The first-order chi connectivity index (χ1) is 8.75. The molecule has 2 atom stereocenters. The van der Waals surface area contributed by atoms with Gasteiger partial charge in [-0.15, -0.1) is 0 Å². The lowest BCUT2D eigenvalue weighted by atomic mass is 9.84. The van der Waals surface area contributed by atoms with Crippen LogP contribution in [0.2, 0.25) is 0 Å². The highest BCUT2D eigenvalue weighted by atomic mass is 16.1. The van der Waals surface area contributed by atoms with Gasteiger partial charge < -0.3 is 0 Å². The first kappa shape index (κ1) is 12.0. The van der Waals surface area contributed by atoms with Gasteiger partial charge in [-0.25, -0.2) is 0 Å². The van der Waals surface area contributed by atoms with Crippen molar-refractivity contribution in [3.05, 3.63) is 35.4 Å². The molecule has 2 fully saturated rings. The van der Waals surface area contributed by atoms with Crippen LogP contribution in [-0.2, 0) is 0 Å². The molecule has 1 nitrogen and oxygen atoms in total. The Morgan fingerprint density at radius 3 is 2.22 bits per heavy atom. The predicted molar refractivity (Wildman–Crippen MR) is 73.9 cm³/mol. The van der Waals surface area contributed by atoms with Crippen LogP contribution < -0.4 is 0 Å². The van der Waals surface area contributed by atoms with Crippen molar-refractivity contribution < 1.29 is 4.79 Å². The Kier molecular flexibility index (Phi) is 3.23. The summed E-state index contributed by atoms with van der Waals surface area (Å²) >= 11 is 0. The molecular formula is C17H22O. The Morgan fingerprint density at radius 1 is 1.06 bits per heavy atom. The highest BCUT2D eigenvalue weighted by molar-refractivity contribution is 5.99. The van der Waals surface area contributed by atoms with Crippen LogP contribution in [0.4, 0.5) is 0 Å². The van der Waals surface area contributed by atoms with Gasteiger partial charge in [0.2, 0.25) is 0 Å². The van der Waals surface area contributed by atoms with E-state index in [-0.39, 0.29) is 0 Å². The van der Waals surface area contributed by atoms with Gasteiger partial charge in [0.05, 0.1) is 0 Å². The van der Waals surface area contributed by atoms with E-state index < -0.39 is 0 Å². The molecule has 0 heterocycles. The SMILES string of the molecule is CC1CC1C(=O)c1ccc(C2CCCCC2)cc1. The molecule has 2 aliphatic carbocycles. The molecule has 0 amide bonds. The van der Waals surface area contributed by atoms with E-state index in [9.17, 15) is 4.79 Å². The van der Waals surface area contributed by atoms with Crippen molar-refractivity contribution in [1.82, 2.24) is 0 Å². The topological polar surface area (TPSA) is 17.1 Å². The Balaban J connectivity index is 1.70. The first-order valence-electron chi connectivity index (χ1n) is 7.40. The number of rotatable bonds is 3. The molecular weight excluding hydrogens is 220 g/mol. The third-order valence-corrected chi connectivity index (χ3v) is 4.72. The second-order valence-electron chi connectivity index (χ2n) is 6.14. The molecule has 2 aliphatic rings. The summed E-state index contributed by atoms with van der Waals surface area (Å²) in [5, 5.41) is 0. The van der Waals surface area contributed by atoms with Gasteiger partial charge in [-0.3, -0.25) is 4.79 Å². The molecule has 3 rings (SSSR count). The third kappa shape index (κ3) is 2.36. The number of hydrogen-bond acceptors (Lipinski definition) is 1. The maximum absolute atomic E-state index is 12.1. The van der Waals surface area contributed by atoms with Crippen LogP contribution in [0, 0.1) is 11.8 Å². The van der Waals surface area contributed by atoms with Crippen LogP contribution >= 0.6 is 0 Å². The Morgan fingerprint density at radius 2 is 1.67 bits per heavy atom. The minimum Gasteiger partial charge on any atom is -0.294 e. The van der Waals surface area contributed by atoms with Crippen molar-refractivity contribution in [2.45, 2.75) is 51.4 Å². The second kappa shape index (κ2) is 4.87. The number of Topliss-reactive ketones (excluding diaryl/α,β-unsaturated/α-hetero) is 1. The summed E-state index contributed by atoms with van der Waals surface area (Å²) in [5.74, 6) is 2.02. The van der Waals surface area contributed by atoms with Crippen molar-refractivity contribution in [2.24, 2.45) is 11.8 Å². The number of carbonyl (C=O) groups is 1. The van der Waals surface area contributed by atoms with Crippen LogP contribution in [0.1, 0.15) is 67.3 Å². The fourth-order valence-corrected chi connectivity index (χ4v) is 3.26. The molecule has 0 radical (unpaired) electrons. The largest absolute Gasteiger partial charge is 0.294 e. The lowest BCUT2D eigenvalue weighted by molar-refractivity contribution is 0.0962. The van der Waals surface area contributed by atoms with Gasteiger partial charge in [-0.05, 0) is 36.7 Å². The van der Waals surface area contributed by atoms with Gasteiger partial charge in [-0.2, -0.15) is 0 Å². The summed E-state index contributed by atoms with van der Waals surface area (Å²) < 4.78 is 0. The normalized spacial score (nSPS) is 28.1. The van der Waals surface area contributed by atoms with E-state index in [0.29, 0.717) is 17.6 Å². The molecule has 0 aromatic heterocycles. The molecule has 0 bridgehead atoms. The summed E-state index contributed by atoms with van der Waals surface area (Å²) in [6.45, 7) is 2.17. The van der Waals surface area contributed by atoms with Gasteiger partial charge in [0, 0.05) is 11.5 Å². The van der Waals surface area contributed by atoms with E-state index in [1.807, 2.05) is 0 Å². The summed E-state index contributed by atoms with van der Waals surface area (Å²) in [6, 6.07) is 8.49. The maximum Gasteiger partial charge on any atom is 0.166 e. The second-order valence-corrected chi connectivity index (χ2v) is 6.14. The van der Waals surface area contributed by atoms with E-state index >= 15 is 0 Å².